The van der Waals surface area contributed by atoms with Crippen LogP contribution in [0.5, 0.6) is 0 Å². The van der Waals surface area contributed by atoms with Gasteiger partial charge in [0.25, 0.3) is 0 Å². The molecule has 0 saturated heterocycles. The fraction of sp³-hybridized carbons (Fsp3) is 0.333. The average Bonchev–Trinajstić information content (AvgIpc) is 2.50. The molecule has 0 aliphatic carbocycles. The van der Waals surface area contributed by atoms with Crippen molar-refractivity contribution in [2.45, 2.75) is 20.3 Å². The van der Waals surface area contributed by atoms with Gasteiger partial charge in [0.05, 0.1) is 9.77 Å². The molecule has 13 heavy (non-hydrogen) atoms. The molecule has 0 aromatic carbocycles. The van der Waals surface area contributed by atoms with Crippen molar-refractivity contribution >= 4 is 28.2 Å². The molecule has 0 aliphatic rings. The summed E-state index contributed by atoms with van der Waals surface area (Å²) in [5, 5.41) is 4.06. The Morgan fingerprint density at radius 2 is 2.15 bits per heavy atom. The Bertz CT molecular complexity index is 370. The van der Waals surface area contributed by atoms with Gasteiger partial charge in [0.15, 0.2) is 5.65 Å². The fourth-order valence-electron chi connectivity index (χ4n) is 0.798. The zero-order valence-electron chi connectivity index (χ0n) is 7.74. The average molecular weight is 289 g/mol. The minimum Gasteiger partial charge on any atom is -0.236 e. The molecule has 0 unspecified atom stereocenters. The van der Waals surface area contributed by atoms with Gasteiger partial charge in [-0.3, -0.25) is 0 Å². The van der Waals surface area contributed by atoms with Gasteiger partial charge in [-0.1, -0.05) is 20.3 Å². The van der Waals surface area contributed by atoms with Crippen LogP contribution < -0.4 is 0 Å². The summed E-state index contributed by atoms with van der Waals surface area (Å²) in [7, 11) is 0. The number of hydrogen-bond donors (Lipinski definition) is 0. The molecule has 2 aromatic rings. The summed E-state index contributed by atoms with van der Waals surface area (Å²) in [4.78, 5) is 4.13. The Balaban J connectivity index is 0.000000251. The van der Waals surface area contributed by atoms with E-state index in [2.05, 4.69) is 46.5 Å². The standard InChI is InChI=1S/C6H4IN3.C3H8/c7-5-4-9-10-3-1-2-8-6(5)10;1-3-2/h1-4H;3H2,1-2H3. The van der Waals surface area contributed by atoms with Crippen LogP contribution in [0.15, 0.2) is 24.7 Å². The summed E-state index contributed by atoms with van der Waals surface area (Å²) < 4.78 is 2.83. The van der Waals surface area contributed by atoms with Crippen molar-refractivity contribution in [3.63, 3.8) is 0 Å². The van der Waals surface area contributed by atoms with Gasteiger partial charge in [-0.15, -0.1) is 0 Å². The van der Waals surface area contributed by atoms with Gasteiger partial charge in [-0.05, 0) is 28.7 Å². The van der Waals surface area contributed by atoms with Gasteiger partial charge < -0.3 is 0 Å². The van der Waals surface area contributed by atoms with E-state index in [1.807, 2.05) is 12.3 Å². The molecule has 0 bridgehead atoms. The summed E-state index contributed by atoms with van der Waals surface area (Å²) in [6.45, 7) is 4.25. The molecular weight excluding hydrogens is 277 g/mol. The van der Waals surface area contributed by atoms with E-state index in [0.29, 0.717) is 0 Å². The maximum atomic E-state index is 4.13. The van der Waals surface area contributed by atoms with E-state index in [9.17, 15) is 0 Å². The van der Waals surface area contributed by atoms with Gasteiger partial charge in [-0.2, -0.15) is 5.10 Å². The monoisotopic (exact) mass is 289 g/mol. The molecular formula is C9H12IN3. The third-order valence-corrected chi connectivity index (χ3v) is 2.00. The third-order valence-electron chi connectivity index (χ3n) is 1.24. The van der Waals surface area contributed by atoms with Crippen molar-refractivity contribution in [3.05, 3.63) is 28.2 Å². The van der Waals surface area contributed by atoms with Crippen LogP contribution in [0.2, 0.25) is 0 Å². The van der Waals surface area contributed by atoms with E-state index in [0.717, 1.165) is 9.22 Å². The van der Waals surface area contributed by atoms with Crippen molar-refractivity contribution in [3.8, 4) is 0 Å². The SMILES string of the molecule is CCC.Ic1cnn2cccnc12. The molecule has 2 aromatic heterocycles. The van der Waals surface area contributed by atoms with Crippen molar-refractivity contribution in [2.75, 3.05) is 0 Å². The molecule has 0 N–H and O–H groups in total. The summed E-state index contributed by atoms with van der Waals surface area (Å²) in [5.41, 5.74) is 0.920. The molecule has 70 valence electrons. The van der Waals surface area contributed by atoms with E-state index in [1.165, 1.54) is 6.42 Å². The molecule has 2 rings (SSSR count). The summed E-state index contributed by atoms with van der Waals surface area (Å²) in [6.07, 6.45) is 6.69. The zero-order valence-corrected chi connectivity index (χ0v) is 9.89. The van der Waals surface area contributed by atoms with Crippen molar-refractivity contribution in [1.29, 1.82) is 0 Å². The number of halogens is 1. The first-order valence-corrected chi connectivity index (χ1v) is 5.31. The van der Waals surface area contributed by atoms with Crippen LogP contribution >= 0.6 is 22.6 Å². The van der Waals surface area contributed by atoms with E-state index < -0.39 is 0 Å². The Kier molecular flexibility index (Phi) is 4.14. The van der Waals surface area contributed by atoms with Crippen molar-refractivity contribution in [2.24, 2.45) is 0 Å². The minimum absolute atomic E-state index is 0.920. The molecule has 2 heterocycles. The first-order chi connectivity index (χ1) is 6.29. The summed E-state index contributed by atoms with van der Waals surface area (Å²) >= 11 is 2.21. The Morgan fingerprint density at radius 1 is 1.46 bits per heavy atom. The molecule has 0 aliphatic heterocycles. The summed E-state index contributed by atoms with van der Waals surface area (Å²) in [5.74, 6) is 0. The van der Waals surface area contributed by atoms with Crippen LogP contribution in [0.1, 0.15) is 20.3 Å². The van der Waals surface area contributed by atoms with Crippen molar-refractivity contribution < 1.29 is 0 Å². The van der Waals surface area contributed by atoms with Crippen LogP contribution in [-0.2, 0) is 0 Å². The predicted octanol–water partition coefficient (Wildman–Crippen LogP) is 2.75. The number of hydrogen-bond acceptors (Lipinski definition) is 2. The normalized spacial score (nSPS) is 9.46. The topological polar surface area (TPSA) is 30.2 Å². The van der Waals surface area contributed by atoms with Crippen LogP contribution in [0, 0.1) is 3.57 Å². The lowest BCUT2D eigenvalue weighted by molar-refractivity contribution is 0.939. The van der Waals surface area contributed by atoms with Crippen molar-refractivity contribution in [1.82, 2.24) is 14.6 Å². The molecule has 0 radical (unpaired) electrons. The van der Waals surface area contributed by atoms with E-state index in [4.69, 9.17) is 0 Å². The summed E-state index contributed by atoms with van der Waals surface area (Å²) in [6, 6.07) is 1.86. The fourth-order valence-corrected chi connectivity index (χ4v) is 1.31. The molecule has 0 fully saturated rings. The van der Waals surface area contributed by atoms with Gasteiger partial charge in [-0.25, -0.2) is 9.50 Å². The number of aromatic nitrogens is 3. The molecule has 0 spiro atoms. The molecule has 0 amide bonds. The number of rotatable bonds is 0. The Morgan fingerprint density at radius 3 is 2.77 bits per heavy atom. The maximum Gasteiger partial charge on any atom is 0.168 e. The van der Waals surface area contributed by atoms with Gasteiger partial charge in [0, 0.05) is 12.4 Å². The van der Waals surface area contributed by atoms with Crippen LogP contribution in [0.4, 0.5) is 0 Å². The van der Waals surface area contributed by atoms with Gasteiger partial charge >= 0.3 is 0 Å². The predicted molar refractivity (Wildman–Crippen MR) is 61.7 cm³/mol. The number of nitrogens with zero attached hydrogens (tertiary/aromatic N) is 3. The second-order valence-corrected chi connectivity index (χ2v) is 3.75. The Hall–Kier alpha value is -0.650. The second-order valence-electron chi connectivity index (χ2n) is 2.59. The lowest BCUT2D eigenvalue weighted by Crippen LogP contribution is -1.86. The first-order valence-electron chi connectivity index (χ1n) is 4.23. The van der Waals surface area contributed by atoms with Crippen LogP contribution in [0.25, 0.3) is 5.65 Å². The minimum atomic E-state index is 0.920. The van der Waals surface area contributed by atoms with E-state index in [1.54, 1.807) is 16.9 Å². The first kappa shape index (κ1) is 10.4. The smallest absolute Gasteiger partial charge is 0.168 e. The lowest BCUT2D eigenvalue weighted by Gasteiger charge is -1.87. The quantitative estimate of drug-likeness (QED) is 0.698. The zero-order chi connectivity index (χ0) is 9.68. The largest absolute Gasteiger partial charge is 0.236 e. The molecule has 0 saturated carbocycles. The highest BCUT2D eigenvalue weighted by Crippen LogP contribution is 2.08. The third kappa shape index (κ3) is 2.65. The van der Waals surface area contributed by atoms with E-state index in [-0.39, 0.29) is 0 Å². The highest BCUT2D eigenvalue weighted by Gasteiger charge is 1.97. The maximum absolute atomic E-state index is 4.13. The second kappa shape index (κ2) is 5.16. The highest BCUT2D eigenvalue weighted by molar-refractivity contribution is 14.1. The highest BCUT2D eigenvalue weighted by atomic mass is 127. The molecule has 4 heteroatoms. The molecule has 0 atom stereocenters. The molecule has 3 nitrogen and oxygen atoms in total. The van der Waals surface area contributed by atoms with E-state index >= 15 is 0 Å². The van der Waals surface area contributed by atoms with Gasteiger partial charge in [0.2, 0.25) is 0 Å². The Labute approximate surface area is 91.3 Å². The van der Waals surface area contributed by atoms with Crippen LogP contribution in [0.3, 0.4) is 0 Å². The number of fused-ring (bicyclic) bond motifs is 1. The van der Waals surface area contributed by atoms with Crippen LogP contribution in [-0.4, -0.2) is 14.6 Å². The lowest BCUT2D eigenvalue weighted by atomic mass is 10.6. The van der Waals surface area contributed by atoms with Gasteiger partial charge in [0.1, 0.15) is 0 Å².